The third-order valence-corrected chi connectivity index (χ3v) is 4.66. The Kier molecular flexibility index (Phi) is 3.97. The molecule has 0 unspecified atom stereocenters. The first-order valence-electron chi connectivity index (χ1n) is 6.31. The lowest BCUT2D eigenvalue weighted by atomic mass is 10.0. The standard InChI is InChI=1S/C14H16N2O4S/c1-14(2,9-13(17)18)16-21(19,20)12-7-3-6-11-10(12)5-4-8-15-11/h3-8,16H,9H2,1-2H3,(H,17,18). The fourth-order valence-corrected chi connectivity index (χ4v) is 3.77. The molecule has 0 amide bonds. The van der Waals surface area contributed by atoms with Crippen molar-refractivity contribution in [3.8, 4) is 0 Å². The average Bonchev–Trinajstić information content (AvgIpc) is 2.35. The highest BCUT2D eigenvalue weighted by atomic mass is 32.2. The zero-order chi connectivity index (χ0) is 15.7. The van der Waals surface area contributed by atoms with E-state index in [0.717, 1.165) is 0 Å². The van der Waals surface area contributed by atoms with E-state index in [-0.39, 0.29) is 11.3 Å². The first-order valence-corrected chi connectivity index (χ1v) is 7.79. The van der Waals surface area contributed by atoms with Gasteiger partial charge in [-0.3, -0.25) is 9.78 Å². The van der Waals surface area contributed by atoms with Crippen LogP contribution in [0.2, 0.25) is 0 Å². The van der Waals surface area contributed by atoms with Crippen molar-refractivity contribution < 1.29 is 18.3 Å². The van der Waals surface area contributed by atoms with E-state index in [1.54, 1.807) is 30.5 Å². The van der Waals surface area contributed by atoms with Gasteiger partial charge in [0.05, 0.1) is 16.8 Å². The van der Waals surface area contributed by atoms with Crippen LogP contribution >= 0.6 is 0 Å². The Morgan fingerprint density at radius 1 is 1.29 bits per heavy atom. The van der Waals surface area contributed by atoms with E-state index in [4.69, 9.17) is 5.11 Å². The molecule has 2 rings (SSSR count). The molecule has 0 atom stereocenters. The Bertz CT molecular complexity index is 779. The minimum absolute atomic E-state index is 0.0894. The fourth-order valence-electron chi connectivity index (χ4n) is 2.14. The largest absolute Gasteiger partial charge is 0.481 e. The summed E-state index contributed by atoms with van der Waals surface area (Å²) in [7, 11) is -3.84. The highest BCUT2D eigenvalue weighted by Crippen LogP contribution is 2.23. The zero-order valence-electron chi connectivity index (χ0n) is 11.7. The van der Waals surface area contributed by atoms with Crippen molar-refractivity contribution in [2.24, 2.45) is 0 Å². The summed E-state index contributed by atoms with van der Waals surface area (Å²) in [5, 5.41) is 9.34. The maximum Gasteiger partial charge on any atom is 0.305 e. The second-order valence-electron chi connectivity index (χ2n) is 5.39. The van der Waals surface area contributed by atoms with Crippen LogP contribution in [0.1, 0.15) is 20.3 Å². The van der Waals surface area contributed by atoms with Crippen LogP contribution in [0.3, 0.4) is 0 Å². The minimum Gasteiger partial charge on any atom is -0.481 e. The SMILES string of the molecule is CC(C)(CC(=O)O)NS(=O)(=O)c1cccc2ncccc12. The molecule has 1 aromatic carbocycles. The number of benzene rings is 1. The molecule has 1 aromatic heterocycles. The molecule has 6 nitrogen and oxygen atoms in total. The van der Waals surface area contributed by atoms with Crippen LogP contribution in [0, 0.1) is 0 Å². The number of carboxylic acids is 1. The van der Waals surface area contributed by atoms with Crippen molar-refractivity contribution in [1.29, 1.82) is 0 Å². The summed E-state index contributed by atoms with van der Waals surface area (Å²) >= 11 is 0. The molecule has 1 heterocycles. The zero-order valence-corrected chi connectivity index (χ0v) is 12.5. The smallest absolute Gasteiger partial charge is 0.305 e. The number of carboxylic acid groups (broad SMARTS) is 1. The monoisotopic (exact) mass is 308 g/mol. The van der Waals surface area contributed by atoms with E-state index < -0.39 is 21.5 Å². The van der Waals surface area contributed by atoms with Gasteiger partial charge in [0, 0.05) is 17.1 Å². The maximum atomic E-state index is 12.5. The molecule has 0 saturated heterocycles. The van der Waals surface area contributed by atoms with Crippen LogP contribution in [0.15, 0.2) is 41.4 Å². The summed E-state index contributed by atoms with van der Waals surface area (Å²) in [6, 6.07) is 8.12. The van der Waals surface area contributed by atoms with Gasteiger partial charge in [-0.05, 0) is 38.1 Å². The molecular formula is C14H16N2O4S. The molecule has 0 radical (unpaired) electrons. The van der Waals surface area contributed by atoms with Crippen molar-refractivity contribution in [1.82, 2.24) is 9.71 Å². The fraction of sp³-hybridized carbons (Fsp3) is 0.286. The number of carbonyl (C=O) groups is 1. The molecule has 112 valence electrons. The van der Waals surface area contributed by atoms with Crippen molar-refractivity contribution in [3.05, 3.63) is 36.5 Å². The quantitative estimate of drug-likeness (QED) is 0.877. The third-order valence-electron chi connectivity index (χ3n) is 2.90. The average molecular weight is 308 g/mol. The molecule has 21 heavy (non-hydrogen) atoms. The van der Waals surface area contributed by atoms with Gasteiger partial charge >= 0.3 is 5.97 Å². The molecular weight excluding hydrogens is 292 g/mol. The molecule has 0 fully saturated rings. The first kappa shape index (κ1) is 15.4. The molecule has 0 aliphatic rings. The molecule has 0 aliphatic heterocycles. The third kappa shape index (κ3) is 3.56. The number of sulfonamides is 1. The summed E-state index contributed by atoms with van der Waals surface area (Å²) in [6.45, 7) is 3.06. The van der Waals surface area contributed by atoms with Crippen LogP contribution in [-0.4, -0.2) is 30.0 Å². The predicted octanol–water partition coefficient (Wildman–Crippen LogP) is 1.77. The first-order chi connectivity index (χ1) is 9.71. The van der Waals surface area contributed by atoms with Crippen LogP contribution in [0.25, 0.3) is 10.9 Å². The number of fused-ring (bicyclic) bond motifs is 1. The Hall–Kier alpha value is -1.99. The van der Waals surface area contributed by atoms with E-state index >= 15 is 0 Å². The highest BCUT2D eigenvalue weighted by molar-refractivity contribution is 7.89. The number of rotatable bonds is 5. The Morgan fingerprint density at radius 3 is 2.67 bits per heavy atom. The van der Waals surface area contributed by atoms with E-state index in [0.29, 0.717) is 10.9 Å². The molecule has 0 aliphatic carbocycles. The van der Waals surface area contributed by atoms with Crippen LogP contribution in [0.5, 0.6) is 0 Å². The number of nitrogens with one attached hydrogen (secondary N) is 1. The van der Waals surface area contributed by atoms with E-state index in [1.807, 2.05) is 0 Å². The molecule has 2 N–H and O–H groups in total. The summed E-state index contributed by atoms with van der Waals surface area (Å²) in [6.07, 6.45) is 1.27. The van der Waals surface area contributed by atoms with Gasteiger partial charge in [0.1, 0.15) is 0 Å². The van der Waals surface area contributed by atoms with Crippen molar-refractivity contribution in [3.63, 3.8) is 0 Å². The van der Waals surface area contributed by atoms with Crippen molar-refractivity contribution in [2.45, 2.75) is 30.7 Å². The Morgan fingerprint density at radius 2 is 2.00 bits per heavy atom. The number of hydrogen-bond acceptors (Lipinski definition) is 4. The highest BCUT2D eigenvalue weighted by Gasteiger charge is 2.29. The lowest BCUT2D eigenvalue weighted by Crippen LogP contribution is -2.44. The van der Waals surface area contributed by atoms with E-state index in [2.05, 4.69) is 9.71 Å². The second-order valence-corrected chi connectivity index (χ2v) is 7.04. The van der Waals surface area contributed by atoms with E-state index in [1.165, 1.54) is 19.9 Å². The number of hydrogen-bond donors (Lipinski definition) is 2. The van der Waals surface area contributed by atoms with Crippen molar-refractivity contribution in [2.75, 3.05) is 0 Å². The Balaban J connectivity index is 2.45. The van der Waals surface area contributed by atoms with Gasteiger partial charge in [-0.25, -0.2) is 13.1 Å². The van der Waals surface area contributed by atoms with E-state index in [9.17, 15) is 13.2 Å². The van der Waals surface area contributed by atoms with Gasteiger partial charge in [0.25, 0.3) is 0 Å². The molecule has 2 aromatic rings. The second kappa shape index (κ2) is 5.42. The van der Waals surface area contributed by atoms with Crippen LogP contribution in [-0.2, 0) is 14.8 Å². The van der Waals surface area contributed by atoms with Crippen LogP contribution in [0.4, 0.5) is 0 Å². The Labute approximate surface area is 122 Å². The number of pyridine rings is 1. The normalized spacial score (nSPS) is 12.5. The topological polar surface area (TPSA) is 96.4 Å². The maximum absolute atomic E-state index is 12.5. The van der Waals surface area contributed by atoms with Gasteiger partial charge in [-0.1, -0.05) is 6.07 Å². The van der Waals surface area contributed by atoms with Gasteiger partial charge in [0.15, 0.2) is 0 Å². The molecule has 0 spiro atoms. The lowest BCUT2D eigenvalue weighted by molar-refractivity contribution is -0.138. The summed E-state index contributed by atoms with van der Waals surface area (Å²) in [4.78, 5) is 15.0. The van der Waals surface area contributed by atoms with Gasteiger partial charge in [-0.2, -0.15) is 0 Å². The number of nitrogens with zero attached hydrogens (tertiary/aromatic N) is 1. The number of aliphatic carboxylic acids is 1. The van der Waals surface area contributed by atoms with Gasteiger partial charge in [0.2, 0.25) is 10.0 Å². The van der Waals surface area contributed by atoms with Crippen molar-refractivity contribution >= 4 is 26.9 Å². The summed E-state index contributed by atoms with van der Waals surface area (Å²) in [5.74, 6) is -1.07. The van der Waals surface area contributed by atoms with Gasteiger partial charge < -0.3 is 5.11 Å². The predicted molar refractivity (Wildman–Crippen MR) is 78.4 cm³/mol. The summed E-state index contributed by atoms with van der Waals surface area (Å²) in [5.41, 5.74) is -0.522. The summed E-state index contributed by atoms with van der Waals surface area (Å²) < 4.78 is 27.5. The van der Waals surface area contributed by atoms with Crippen LogP contribution < -0.4 is 4.72 Å². The molecule has 0 bridgehead atoms. The lowest BCUT2D eigenvalue weighted by Gasteiger charge is -2.24. The van der Waals surface area contributed by atoms with Gasteiger partial charge in [-0.15, -0.1) is 0 Å². The number of aromatic nitrogens is 1. The minimum atomic E-state index is -3.84. The molecule has 7 heteroatoms. The molecule has 0 saturated carbocycles.